The van der Waals surface area contributed by atoms with Crippen molar-refractivity contribution in [2.75, 3.05) is 0 Å². The van der Waals surface area contributed by atoms with E-state index in [1.54, 1.807) is 11.3 Å². The number of hydrogen-bond acceptors (Lipinski definition) is 2. The molecule has 0 fully saturated rings. The van der Waals surface area contributed by atoms with Crippen molar-refractivity contribution < 1.29 is 0 Å². The minimum atomic E-state index is 0.352. The number of nitrogens with one attached hydrogen (secondary N) is 1. The Hall–Kier alpha value is -0.830. The predicted octanol–water partition coefficient (Wildman–Crippen LogP) is 4.87. The third kappa shape index (κ3) is 3.35. The zero-order chi connectivity index (χ0) is 13.1. The smallest absolute Gasteiger partial charge is 0.0931 e. The van der Waals surface area contributed by atoms with Gasteiger partial charge in [-0.2, -0.15) is 0 Å². The molecule has 0 spiro atoms. The molecule has 2 aromatic rings. The van der Waals surface area contributed by atoms with Gasteiger partial charge in [-0.05, 0) is 49.6 Å². The van der Waals surface area contributed by atoms with Gasteiger partial charge in [0.2, 0.25) is 0 Å². The van der Waals surface area contributed by atoms with Crippen LogP contribution in [0.3, 0.4) is 0 Å². The van der Waals surface area contributed by atoms with Gasteiger partial charge in [0.15, 0.2) is 0 Å². The van der Waals surface area contributed by atoms with Crippen LogP contribution in [0.4, 0.5) is 0 Å². The number of rotatable bonds is 4. The lowest BCUT2D eigenvalue weighted by Gasteiger charge is -2.15. The summed E-state index contributed by atoms with van der Waals surface area (Å²) >= 11 is 7.56. The third-order valence-corrected chi connectivity index (χ3v) is 4.47. The molecule has 1 nitrogen and oxygen atoms in total. The molecule has 0 aliphatic rings. The number of hydrogen-bond donors (Lipinski definition) is 1. The first-order chi connectivity index (χ1) is 8.56. The third-order valence-electron chi connectivity index (χ3n) is 3.24. The van der Waals surface area contributed by atoms with Crippen LogP contribution in [0.5, 0.6) is 0 Å². The van der Waals surface area contributed by atoms with Crippen molar-refractivity contribution in [2.24, 2.45) is 0 Å². The van der Waals surface area contributed by atoms with Gasteiger partial charge in [0.25, 0.3) is 0 Å². The molecule has 1 N–H and O–H groups in total. The highest BCUT2D eigenvalue weighted by molar-refractivity contribution is 7.16. The first-order valence-corrected chi connectivity index (χ1v) is 7.30. The summed E-state index contributed by atoms with van der Waals surface area (Å²) in [6.45, 7) is 7.36. The fourth-order valence-electron chi connectivity index (χ4n) is 1.85. The summed E-state index contributed by atoms with van der Waals surface area (Å²) in [6, 6.07) is 11.0. The Morgan fingerprint density at radius 1 is 1.17 bits per heavy atom. The van der Waals surface area contributed by atoms with E-state index in [1.165, 1.54) is 21.6 Å². The van der Waals surface area contributed by atoms with E-state index >= 15 is 0 Å². The maximum absolute atomic E-state index is 5.92. The van der Waals surface area contributed by atoms with Crippen LogP contribution in [-0.4, -0.2) is 0 Å². The Kier molecular flexibility index (Phi) is 4.44. The molecule has 1 aromatic heterocycles. The fourth-order valence-corrected chi connectivity index (χ4v) is 2.89. The molecule has 96 valence electrons. The lowest BCUT2D eigenvalue weighted by atomic mass is 10.0. The Morgan fingerprint density at radius 2 is 1.94 bits per heavy atom. The minimum Gasteiger partial charge on any atom is -0.305 e. The molecule has 0 saturated heterocycles. The molecule has 1 aromatic carbocycles. The van der Waals surface area contributed by atoms with Crippen LogP contribution < -0.4 is 5.32 Å². The fraction of sp³-hybridized carbons (Fsp3) is 0.333. The van der Waals surface area contributed by atoms with E-state index in [2.05, 4.69) is 50.4 Å². The summed E-state index contributed by atoms with van der Waals surface area (Å²) in [5.74, 6) is 0. The summed E-state index contributed by atoms with van der Waals surface area (Å²) in [6.07, 6.45) is 0. The maximum atomic E-state index is 5.92. The van der Waals surface area contributed by atoms with Crippen molar-refractivity contribution in [1.29, 1.82) is 0 Å². The first-order valence-electron chi connectivity index (χ1n) is 6.11. The van der Waals surface area contributed by atoms with E-state index in [9.17, 15) is 0 Å². The minimum absolute atomic E-state index is 0.352. The van der Waals surface area contributed by atoms with Crippen LogP contribution in [0, 0.1) is 13.8 Å². The molecule has 3 heteroatoms. The van der Waals surface area contributed by atoms with Gasteiger partial charge >= 0.3 is 0 Å². The second-order valence-electron chi connectivity index (χ2n) is 4.65. The van der Waals surface area contributed by atoms with Gasteiger partial charge in [-0.15, -0.1) is 11.3 Å². The van der Waals surface area contributed by atoms with Crippen LogP contribution in [0.2, 0.25) is 4.34 Å². The van der Waals surface area contributed by atoms with E-state index in [0.717, 1.165) is 10.9 Å². The van der Waals surface area contributed by atoms with Gasteiger partial charge in [-0.3, -0.25) is 0 Å². The van der Waals surface area contributed by atoms with Crippen molar-refractivity contribution in [2.45, 2.75) is 33.4 Å². The Bertz CT molecular complexity index is 533. The van der Waals surface area contributed by atoms with E-state index < -0.39 is 0 Å². The second-order valence-corrected chi connectivity index (χ2v) is 6.45. The number of aryl methyl sites for hydroxylation is 2. The zero-order valence-corrected chi connectivity index (χ0v) is 12.5. The molecule has 18 heavy (non-hydrogen) atoms. The summed E-state index contributed by atoms with van der Waals surface area (Å²) in [5, 5.41) is 3.53. The van der Waals surface area contributed by atoms with E-state index in [1.807, 2.05) is 6.07 Å². The quantitative estimate of drug-likeness (QED) is 0.842. The summed E-state index contributed by atoms with van der Waals surface area (Å²) in [5.41, 5.74) is 4.03. The molecule has 0 aliphatic heterocycles. The molecule has 2 rings (SSSR count). The highest BCUT2D eigenvalue weighted by Gasteiger charge is 2.06. The molecule has 0 radical (unpaired) electrons. The van der Waals surface area contributed by atoms with Gasteiger partial charge < -0.3 is 5.32 Å². The molecule has 0 aliphatic carbocycles. The van der Waals surface area contributed by atoms with Gasteiger partial charge in [0.1, 0.15) is 0 Å². The van der Waals surface area contributed by atoms with Crippen molar-refractivity contribution in [3.8, 4) is 0 Å². The van der Waals surface area contributed by atoms with E-state index in [-0.39, 0.29) is 0 Å². The summed E-state index contributed by atoms with van der Waals surface area (Å²) < 4.78 is 0.852. The van der Waals surface area contributed by atoms with E-state index in [4.69, 9.17) is 11.6 Å². The molecule has 1 heterocycles. The molecule has 1 unspecified atom stereocenters. The van der Waals surface area contributed by atoms with Gasteiger partial charge in [0, 0.05) is 17.5 Å². The largest absolute Gasteiger partial charge is 0.305 e. The molecule has 0 amide bonds. The maximum Gasteiger partial charge on any atom is 0.0931 e. The zero-order valence-electron chi connectivity index (χ0n) is 11.0. The van der Waals surface area contributed by atoms with Gasteiger partial charge in [0.05, 0.1) is 4.34 Å². The molecular formula is C15H18ClNS. The van der Waals surface area contributed by atoms with Crippen molar-refractivity contribution in [3.05, 3.63) is 56.2 Å². The lowest BCUT2D eigenvalue weighted by Crippen LogP contribution is -2.17. The Balaban J connectivity index is 1.99. The standard InChI is InChI=1S/C15H18ClNS/c1-10-4-5-13(8-11(10)2)12(3)17-9-14-6-7-15(16)18-14/h4-8,12,17H,9H2,1-3H3. The van der Waals surface area contributed by atoms with Crippen LogP contribution in [0.15, 0.2) is 30.3 Å². The van der Waals surface area contributed by atoms with Crippen LogP contribution in [-0.2, 0) is 6.54 Å². The van der Waals surface area contributed by atoms with Crippen LogP contribution in [0.25, 0.3) is 0 Å². The summed E-state index contributed by atoms with van der Waals surface area (Å²) in [7, 11) is 0. The molecule has 0 bridgehead atoms. The van der Waals surface area contributed by atoms with Crippen molar-refractivity contribution in [1.82, 2.24) is 5.32 Å². The van der Waals surface area contributed by atoms with Crippen LogP contribution in [0.1, 0.15) is 34.5 Å². The van der Waals surface area contributed by atoms with Gasteiger partial charge in [-0.25, -0.2) is 0 Å². The number of thiophene rings is 1. The van der Waals surface area contributed by atoms with Crippen molar-refractivity contribution in [3.63, 3.8) is 0 Å². The summed E-state index contributed by atoms with van der Waals surface area (Å²) in [4.78, 5) is 1.27. The monoisotopic (exact) mass is 279 g/mol. The highest BCUT2D eigenvalue weighted by atomic mass is 35.5. The number of benzene rings is 1. The number of halogens is 1. The molecule has 0 saturated carbocycles. The van der Waals surface area contributed by atoms with Crippen LogP contribution >= 0.6 is 22.9 Å². The second kappa shape index (κ2) is 5.87. The SMILES string of the molecule is Cc1ccc(C(C)NCc2ccc(Cl)s2)cc1C. The average molecular weight is 280 g/mol. The average Bonchev–Trinajstić information content (AvgIpc) is 2.75. The van der Waals surface area contributed by atoms with E-state index in [0.29, 0.717) is 6.04 Å². The topological polar surface area (TPSA) is 12.0 Å². The van der Waals surface area contributed by atoms with Crippen molar-refractivity contribution >= 4 is 22.9 Å². The highest BCUT2D eigenvalue weighted by Crippen LogP contribution is 2.22. The predicted molar refractivity (Wildman–Crippen MR) is 80.5 cm³/mol. The Labute approximate surface area is 118 Å². The molecular weight excluding hydrogens is 262 g/mol. The lowest BCUT2D eigenvalue weighted by molar-refractivity contribution is 0.578. The Morgan fingerprint density at radius 3 is 2.56 bits per heavy atom. The molecule has 1 atom stereocenters. The normalized spacial score (nSPS) is 12.7. The first kappa shape index (κ1) is 13.6. The van der Waals surface area contributed by atoms with Gasteiger partial charge in [-0.1, -0.05) is 29.8 Å².